The summed E-state index contributed by atoms with van der Waals surface area (Å²) < 4.78 is 11.1. The molecule has 0 saturated heterocycles. The molecule has 0 spiro atoms. The lowest BCUT2D eigenvalue weighted by molar-refractivity contribution is 0.116. The van der Waals surface area contributed by atoms with Crippen LogP contribution in [-0.4, -0.2) is 12.7 Å². The maximum atomic E-state index is 5.67. The molecule has 1 atom stereocenters. The Labute approximate surface area is 82.5 Å². The van der Waals surface area contributed by atoms with Gasteiger partial charge in [0.1, 0.15) is 11.9 Å². The zero-order valence-electron chi connectivity index (χ0n) is 7.64. The highest BCUT2D eigenvalue weighted by atomic mass is 16.5. The molecule has 0 amide bonds. The van der Waals surface area contributed by atoms with Crippen LogP contribution in [0.4, 0.5) is 0 Å². The van der Waals surface area contributed by atoms with Gasteiger partial charge in [-0.05, 0) is 23.8 Å². The van der Waals surface area contributed by atoms with E-state index in [0.717, 1.165) is 11.3 Å². The first-order valence-electron chi connectivity index (χ1n) is 4.69. The Bertz CT molecular complexity index is 408. The number of fused-ring (bicyclic) bond motifs is 3. The van der Waals surface area contributed by atoms with Crippen molar-refractivity contribution in [3.05, 3.63) is 59.6 Å². The third-order valence-corrected chi connectivity index (χ3v) is 2.52. The average molecular weight is 186 g/mol. The van der Waals surface area contributed by atoms with E-state index in [4.69, 9.17) is 9.47 Å². The van der Waals surface area contributed by atoms with E-state index in [1.165, 1.54) is 5.57 Å². The van der Waals surface area contributed by atoms with Gasteiger partial charge in [-0.1, -0.05) is 18.2 Å². The normalized spacial score (nSPS) is 28.0. The number of hydrogen-bond acceptors (Lipinski definition) is 2. The second kappa shape index (κ2) is 3.00. The van der Waals surface area contributed by atoms with E-state index >= 15 is 0 Å². The van der Waals surface area contributed by atoms with Crippen molar-refractivity contribution in [2.45, 2.75) is 6.10 Å². The summed E-state index contributed by atoms with van der Waals surface area (Å²) in [6.45, 7) is 0.677. The quantitative estimate of drug-likeness (QED) is 0.577. The third kappa shape index (κ3) is 1.08. The summed E-state index contributed by atoms with van der Waals surface area (Å²) in [4.78, 5) is 0. The topological polar surface area (TPSA) is 18.5 Å². The minimum Gasteiger partial charge on any atom is -0.465 e. The molecule has 14 heavy (non-hydrogen) atoms. The van der Waals surface area contributed by atoms with Crippen LogP contribution in [0.15, 0.2) is 59.6 Å². The van der Waals surface area contributed by atoms with Crippen molar-refractivity contribution in [1.29, 1.82) is 0 Å². The highest BCUT2D eigenvalue weighted by molar-refractivity contribution is 5.51. The molecule has 2 heteroatoms. The van der Waals surface area contributed by atoms with Gasteiger partial charge in [0.05, 0.1) is 12.9 Å². The van der Waals surface area contributed by atoms with Gasteiger partial charge in [0.2, 0.25) is 0 Å². The van der Waals surface area contributed by atoms with Crippen molar-refractivity contribution in [1.82, 2.24) is 0 Å². The van der Waals surface area contributed by atoms with Gasteiger partial charge in [-0.3, -0.25) is 0 Å². The largest absolute Gasteiger partial charge is 0.465 e. The summed E-state index contributed by atoms with van der Waals surface area (Å²) in [6, 6.07) is 0. The predicted molar refractivity (Wildman–Crippen MR) is 53.4 cm³/mol. The first-order valence-corrected chi connectivity index (χ1v) is 4.69. The summed E-state index contributed by atoms with van der Waals surface area (Å²) in [5.74, 6) is 0.900. The monoisotopic (exact) mass is 186 g/mol. The van der Waals surface area contributed by atoms with Crippen molar-refractivity contribution < 1.29 is 9.47 Å². The van der Waals surface area contributed by atoms with Crippen molar-refractivity contribution >= 4 is 0 Å². The molecule has 0 N–H and O–H groups in total. The van der Waals surface area contributed by atoms with Gasteiger partial charge in [-0.15, -0.1) is 0 Å². The minimum absolute atomic E-state index is 0.0601. The first kappa shape index (κ1) is 7.83. The van der Waals surface area contributed by atoms with Gasteiger partial charge in [-0.2, -0.15) is 0 Å². The van der Waals surface area contributed by atoms with Crippen LogP contribution in [0.5, 0.6) is 0 Å². The van der Waals surface area contributed by atoms with Gasteiger partial charge < -0.3 is 9.47 Å². The van der Waals surface area contributed by atoms with Crippen molar-refractivity contribution in [2.24, 2.45) is 0 Å². The van der Waals surface area contributed by atoms with E-state index in [-0.39, 0.29) is 6.10 Å². The molecule has 0 radical (unpaired) electrons. The van der Waals surface area contributed by atoms with Crippen LogP contribution in [-0.2, 0) is 9.47 Å². The van der Waals surface area contributed by atoms with Crippen LogP contribution in [0.2, 0.25) is 0 Å². The number of ether oxygens (including phenoxy) is 2. The first-order chi connectivity index (χ1) is 6.95. The molecule has 0 fully saturated rings. The fraction of sp³-hybridized carbons (Fsp3) is 0.167. The van der Waals surface area contributed by atoms with E-state index in [1.807, 2.05) is 30.4 Å². The summed E-state index contributed by atoms with van der Waals surface area (Å²) in [7, 11) is 0. The molecule has 0 bridgehead atoms. The summed E-state index contributed by atoms with van der Waals surface area (Å²) in [6.07, 6.45) is 13.9. The molecule has 3 aliphatic rings. The van der Waals surface area contributed by atoms with Crippen molar-refractivity contribution in [2.75, 3.05) is 6.61 Å². The van der Waals surface area contributed by atoms with E-state index in [9.17, 15) is 0 Å². The molecule has 0 aromatic carbocycles. The van der Waals surface area contributed by atoms with E-state index in [2.05, 4.69) is 6.08 Å². The molecule has 2 nitrogen and oxygen atoms in total. The predicted octanol–water partition coefficient (Wildman–Crippen LogP) is 2.24. The van der Waals surface area contributed by atoms with Crippen LogP contribution in [0, 0.1) is 0 Å². The second-order valence-corrected chi connectivity index (χ2v) is 3.38. The van der Waals surface area contributed by atoms with E-state index in [1.54, 1.807) is 6.26 Å². The highest BCUT2D eigenvalue weighted by Gasteiger charge is 2.27. The Kier molecular flexibility index (Phi) is 1.67. The lowest BCUT2D eigenvalue weighted by Crippen LogP contribution is -2.25. The molecule has 0 aromatic rings. The molecule has 70 valence electrons. The molecule has 2 aliphatic heterocycles. The van der Waals surface area contributed by atoms with Gasteiger partial charge in [0, 0.05) is 5.57 Å². The third-order valence-electron chi connectivity index (χ3n) is 2.52. The van der Waals surface area contributed by atoms with Gasteiger partial charge in [0.15, 0.2) is 0 Å². The lowest BCUT2D eigenvalue weighted by Gasteiger charge is -2.29. The Morgan fingerprint density at radius 2 is 2.21 bits per heavy atom. The molecule has 3 rings (SSSR count). The summed E-state index contributed by atoms with van der Waals surface area (Å²) in [5.41, 5.74) is 2.32. The molecule has 0 aromatic heterocycles. The highest BCUT2D eigenvalue weighted by Crippen LogP contribution is 2.32. The average Bonchev–Trinajstić information content (AvgIpc) is 2.29. The SMILES string of the molecule is C1=COC2=CC=C3C=CCOC3C2=C1. The Morgan fingerprint density at radius 1 is 1.21 bits per heavy atom. The van der Waals surface area contributed by atoms with E-state index in [0.29, 0.717) is 6.61 Å². The molecular formula is C12H10O2. The van der Waals surface area contributed by atoms with E-state index < -0.39 is 0 Å². The molecule has 1 aliphatic carbocycles. The van der Waals surface area contributed by atoms with Crippen LogP contribution in [0.25, 0.3) is 0 Å². The van der Waals surface area contributed by atoms with Crippen LogP contribution in [0.3, 0.4) is 0 Å². The van der Waals surface area contributed by atoms with Crippen molar-refractivity contribution in [3.63, 3.8) is 0 Å². The fourth-order valence-corrected chi connectivity index (χ4v) is 1.86. The molecule has 0 saturated carbocycles. The fourth-order valence-electron chi connectivity index (χ4n) is 1.86. The van der Waals surface area contributed by atoms with Crippen LogP contribution in [0.1, 0.15) is 0 Å². The molecule has 1 unspecified atom stereocenters. The standard InChI is InChI=1S/C12H10O2/c1-3-9-5-6-11-10(4-2-7-13-11)12(9)14-8-1/h1-7,12H,8H2. The van der Waals surface area contributed by atoms with Gasteiger partial charge in [-0.25, -0.2) is 0 Å². The van der Waals surface area contributed by atoms with Crippen LogP contribution < -0.4 is 0 Å². The number of rotatable bonds is 0. The zero-order chi connectivity index (χ0) is 9.38. The number of hydrogen-bond donors (Lipinski definition) is 0. The molecular weight excluding hydrogens is 176 g/mol. The number of allylic oxidation sites excluding steroid dienone is 4. The summed E-state index contributed by atoms with van der Waals surface area (Å²) >= 11 is 0. The minimum atomic E-state index is 0.0601. The maximum absolute atomic E-state index is 5.67. The van der Waals surface area contributed by atoms with Gasteiger partial charge in [0.25, 0.3) is 0 Å². The van der Waals surface area contributed by atoms with Gasteiger partial charge >= 0.3 is 0 Å². The Balaban J connectivity index is 2.08. The zero-order valence-corrected chi connectivity index (χ0v) is 7.64. The van der Waals surface area contributed by atoms with Crippen LogP contribution >= 0.6 is 0 Å². The second-order valence-electron chi connectivity index (χ2n) is 3.38. The Morgan fingerprint density at radius 3 is 3.21 bits per heavy atom. The maximum Gasteiger partial charge on any atom is 0.132 e. The Hall–Kier alpha value is -1.54. The summed E-state index contributed by atoms with van der Waals surface area (Å²) in [5, 5.41) is 0. The van der Waals surface area contributed by atoms with Crippen molar-refractivity contribution in [3.8, 4) is 0 Å². The lowest BCUT2D eigenvalue weighted by atomic mass is 9.92. The molecule has 2 heterocycles. The smallest absolute Gasteiger partial charge is 0.132 e.